The van der Waals surface area contributed by atoms with Crippen LogP contribution in [-0.2, 0) is 18.9 Å². The Hall–Kier alpha value is -2.67. The number of nitrogens with one attached hydrogen (secondary N) is 1. The first kappa shape index (κ1) is 17.7. The summed E-state index contributed by atoms with van der Waals surface area (Å²) >= 11 is 0. The third-order valence-corrected chi connectivity index (χ3v) is 4.53. The van der Waals surface area contributed by atoms with E-state index in [1.54, 1.807) is 19.2 Å². The quantitative estimate of drug-likeness (QED) is 0.900. The molecule has 0 unspecified atom stereocenters. The Morgan fingerprint density at radius 1 is 1.07 bits per heavy atom. The molecule has 0 saturated carbocycles. The second-order valence-electron chi connectivity index (χ2n) is 6.36. The fourth-order valence-corrected chi connectivity index (χ4v) is 3.16. The van der Waals surface area contributed by atoms with Crippen LogP contribution >= 0.6 is 0 Å². The standard InChI is InChI=1S/C21H21NO5/c1-24-21-16(22-19(23)14-8-4-2-5-9-14)12-17-18(27-21)13-25-20(26-17)15-10-6-3-7-11-15/h2-12,16,18,20-21H,13H2,1H3,(H,22,23)/t16-,18+,20+,21+/m0/s1. The highest BCUT2D eigenvalue weighted by Gasteiger charge is 2.38. The SMILES string of the molecule is CO[C@@H]1O[C@@H]2CO[C@@H](c3ccccc3)OC2=C[C@@H]1NC(=O)c1ccccc1. The summed E-state index contributed by atoms with van der Waals surface area (Å²) < 4.78 is 23.1. The lowest BCUT2D eigenvalue weighted by Gasteiger charge is -2.39. The van der Waals surface area contributed by atoms with Crippen molar-refractivity contribution >= 4 is 5.91 Å². The second kappa shape index (κ2) is 7.92. The van der Waals surface area contributed by atoms with Crippen molar-refractivity contribution in [2.75, 3.05) is 13.7 Å². The molecule has 1 fully saturated rings. The highest BCUT2D eigenvalue weighted by molar-refractivity contribution is 5.94. The van der Waals surface area contributed by atoms with Crippen LogP contribution < -0.4 is 5.32 Å². The van der Waals surface area contributed by atoms with Crippen LogP contribution in [0.2, 0.25) is 0 Å². The number of ether oxygens (including phenoxy) is 4. The minimum Gasteiger partial charge on any atom is -0.462 e. The number of hydrogen-bond acceptors (Lipinski definition) is 5. The zero-order valence-corrected chi connectivity index (χ0v) is 14.9. The van der Waals surface area contributed by atoms with Crippen molar-refractivity contribution in [1.29, 1.82) is 0 Å². The van der Waals surface area contributed by atoms with Crippen molar-refractivity contribution in [2.24, 2.45) is 0 Å². The smallest absolute Gasteiger partial charge is 0.251 e. The van der Waals surface area contributed by atoms with Gasteiger partial charge in [-0.2, -0.15) is 0 Å². The van der Waals surface area contributed by atoms with Gasteiger partial charge in [-0.25, -0.2) is 0 Å². The van der Waals surface area contributed by atoms with Crippen molar-refractivity contribution in [1.82, 2.24) is 5.32 Å². The van der Waals surface area contributed by atoms with Crippen LogP contribution in [0, 0.1) is 0 Å². The van der Waals surface area contributed by atoms with Crippen LogP contribution in [0.3, 0.4) is 0 Å². The molecule has 2 aromatic carbocycles. The summed E-state index contributed by atoms with van der Waals surface area (Å²) in [6.45, 7) is 0.352. The molecule has 2 aromatic rings. The maximum atomic E-state index is 12.5. The molecule has 6 heteroatoms. The predicted octanol–water partition coefficient (Wildman–Crippen LogP) is 2.79. The Bertz CT molecular complexity index is 808. The van der Waals surface area contributed by atoms with E-state index in [2.05, 4.69) is 5.32 Å². The van der Waals surface area contributed by atoms with Crippen LogP contribution in [0.15, 0.2) is 72.5 Å². The highest BCUT2D eigenvalue weighted by Crippen LogP contribution is 2.33. The molecule has 0 radical (unpaired) electrons. The zero-order valence-electron chi connectivity index (χ0n) is 14.9. The minimum atomic E-state index is -0.619. The van der Waals surface area contributed by atoms with Gasteiger partial charge in [0.1, 0.15) is 17.9 Å². The van der Waals surface area contributed by atoms with Crippen molar-refractivity contribution < 1.29 is 23.7 Å². The predicted molar refractivity (Wildman–Crippen MR) is 97.7 cm³/mol. The number of hydrogen-bond donors (Lipinski definition) is 1. The summed E-state index contributed by atoms with van der Waals surface area (Å²) in [7, 11) is 1.54. The van der Waals surface area contributed by atoms with E-state index in [0.717, 1.165) is 5.56 Å². The van der Waals surface area contributed by atoms with Crippen molar-refractivity contribution in [3.05, 3.63) is 83.6 Å². The molecule has 0 bridgehead atoms. The van der Waals surface area contributed by atoms with Gasteiger partial charge in [0, 0.05) is 18.2 Å². The van der Waals surface area contributed by atoms with Gasteiger partial charge in [0.2, 0.25) is 6.29 Å². The minimum absolute atomic E-state index is 0.201. The first-order valence-corrected chi connectivity index (χ1v) is 8.83. The molecular formula is C21H21NO5. The fourth-order valence-electron chi connectivity index (χ4n) is 3.16. The largest absolute Gasteiger partial charge is 0.462 e. The summed E-state index contributed by atoms with van der Waals surface area (Å²) in [5, 5.41) is 2.94. The highest BCUT2D eigenvalue weighted by atomic mass is 16.7. The molecule has 2 aliphatic heterocycles. The molecule has 4 rings (SSSR count). The maximum absolute atomic E-state index is 12.5. The molecule has 6 nitrogen and oxygen atoms in total. The van der Waals surface area contributed by atoms with E-state index >= 15 is 0 Å². The average Bonchev–Trinajstić information content (AvgIpc) is 2.74. The molecule has 140 valence electrons. The van der Waals surface area contributed by atoms with Gasteiger partial charge in [-0.05, 0) is 18.2 Å². The van der Waals surface area contributed by atoms with Crippen molar-refractivity contribution in [3.63, 3.8) is 0 Å². The molecule has 1 saturated heterocycles. The topological polar surface area (TPSA) is 66.0 Å². The van der Waals surface area contributed by atoms with Crippen molar-refractivity contribution in [3.8, 4) is 0 Å². The monoisotopic (exact) mass is 367 g/mol. The van der Waals surface area contributed by atoms with Crippen molar-refractivity contribution in [2.45, 2.75) is 24.7 Å². The van der Waals surface area contributed by atoms with E-state index < -0.39 is 18.6 Å². The van der Waals surface area contributed by atoms with E-state index in [1.165, 1.54) is 0 Å². The maximum Gasteiger partial charge on any atom is 0.251 e. The van der Waals surface area contributed by atoms with E-state index in [9.17, 15) is 4.79 Å². The number of carbonyl (C=O) groups excluding carboxylic acids is 1. The summed E-state index contributed by atoms with van der Waals surface area (Å²) in [6, 6.07) is 18.3. The van der Waals surface area contributed by atoms with E-state index in [0.29, 0.717) is 17.9 Å². The first-order chi connectivity index (χ1) is 13.2. The van der Waals surface area contributed by atoms with Gasteiger partial charge in [0.15, 0.2) is 6.29 Å². The van der Waals surface area contributed by atoms with Gasteiger partial charge in [-0.3, -0.25) is 4.79 Å². The van der Waals surface area contributed by atoms with Gasteiger partial charge in [0.05, 0.1) is 6.61 Å². The molecule has 1 N–H and O–H groups in total. The lowest BCUT2D eigenvalue weighted by molar-refractivity contribution is -0.246. The van der Waals surface area contributed by atoms with Gasteiger partial charge in [0.25, 0.3) is 5.91 Å². The lowest BCUT2D eigenvalue weighted by Crippen LogP contribution is -2.51. The van der Waals surface area contributed by atoms with Crippen LogP contribution in [0.25, 0.3) is 0 Å². The van der Waals surface area contributed by atoms with E-state index in [4.69, 9.17) is 18.9 Å². The molecule has 2 aliphatic rings. The van der Waals surface area contributed by atoms with Crippen LogP contribution in [0.1, 0.15) is 22.2 Å². The number of benzene rings is 2. The Morgan fingerprint density at radius 2 is 1.78 bits per heavy atom. The summed E-state index contributed by atoms with van der Waals surface area (Å²) in [6.07, 6.45) is 0.371. The Kier molecular flexibility index (Phi) is 5.20. The van der Waals surface area contributed by atoms with E-state index in [1.807, 2.05) is 54.6 Å². The molecular weight excluding hydrogens is 346 g/mol. The molecule has 4 atom stereocenters. The molecule has 0 spiro atoms. The van der Waals surface area contributed by atoms with Crippen LogP contribution in [-0.4, -0.2) is 38.1 Å². The number of amides is 1. The Balaban J connectivity index is 1.52. The molecule has 27 heavy (non-hydrogen) atoms. The van der Waals surface area contributed by atoms with Gasteiger partial charge in [-0.15, -0.1) is 0 Å². The van der Waals surface area contributed by atoms with Crippen LogP contribution in [0.5, 0.6) is 0 Å². The number of methoxy groups -OCH3 is 1. The molecule has 1 amide bonds. The fraction of sp³-hybridized carbons (Fsp3) is 0.286. The summed E-state index contributed by atoms with van der Waals surface area (Å²) in [4.78, 5) is 12.5. The summed E-state index contributed by atoms with van der Waals surface area (Å²) in [5.41, 5.74) is 1.50. The number of fused-ring (bicyclic) bond motifs is 1. The zero-order chi connectivity index (χ0) is 18.6. The Morgan fingerprint density at radius 3 is 2.48 bits per heavy atom. The number of rotatable bonds is 4. The number of carbonyl (C=O) groups is 1. The average molecular weight is 367 g/mol. The molecule has 0 aliphatic carbocycles. The normalized spacial score (nSPS) is 27.1. The second-order valence-corrected chi connectivity index (χ2v) is 6.36. The van der Waals surface area contributed by atoms with Gasteiger partial charge >= 0.3 is 0 Å². The third kappa shape index (κ3) is 3.88. The van der Waals surface area contributed by atoms with Gasteiger partial charge in [-0.1, -0.05) is 48.5 Å². The molecule has 2 heterocycles. The van der Waals surface area contributed by atoms with Crippen LogP contribution in [0.4, 0.5) is 0 Å². The van der Waals surface area contributed by atoms with E-state index in [-0.39, 0.29) is 12.0 Å². The Labute approximate surface area is 157 Å². The lowest BCUT2D eigenvalue weighted by atomic mass is 10.1. The first-order valence-electron chi connectivity index (χ1n) is 8.83. The third-order valence-electron chi connectivity index (χ3n) is 4.53. The molecule has 0 aromatic heterocycles. The van der Waals surface area contributed by atoms with Gasteiger partial charge < -0.3 is 24.3 Å². The summed E-state index contributed by atoms with van der Waals surface area (Å²) in [5.74, 6) is 0.440.